The maximum absolute atomic E-state index is 14.4. The van der Waals surface area contributed by atoms with Gasteiger partial charge < -0.3 is 10.2 Å². The second kappa shape index (κ2) is 15.2. The minimum atomic E-state index is -0.636. The second-order valence-corrected chi connectivity index (χ2v) is 11.0. The number of carbonyl (C=O) groups excluding carboxylic acids is 2. The average molecular weight is 598 g/mol. The molecule has 0 aromatic heterocycles. The Bertz CT molecular complexity index is 1290. The topological polar surface area (TPSA) is 49.4 Å². The predicted molar refractivity (Wildman–Crippen MR) is 166 cm³/mol. The minimum Gasteiger partial charge on any atom is -0.354 e. The molecular weight excluding hydrogens is 560 g/mol. The number of hydrogen-bond acceptors (Lipinski definition) is 2. The van der Waals surface area contributed by atoms with Gasteiger partial charge in [-0.15, -0.1) is 0 Å². The Hall–Kier alpha value is -3.70. The van der Waals surface area contributed by atoms with Gasteiger partial charge in [-0.3, -0.25) is 9.59 Å². The van der Waals surface area contributed by atoms with E-state index >= 15 is 0 Å². The molecule has 0 fully saturated rings. The van der Waals surface area contributed by atoms with Crippen LogP contribution in [0.15, 0.2) is 120 Å². The average Bonchev–Trinajstić information content (AvgIpc) is 3.00. The lowest BCUT2D eigenvalue weighted by atomic mass is 9.87. The van der Waals surface area contributed by atoms with Crippen molar-refractivity contribution in [2.75, 3.05) is 6.54 Å². The van der Waals surface area contributed by atoms with Gasteiger partial charge in [0, 0.05) is 36.3 Å². The number of halogens is 1. The molecular formula is C35H37BrN2O2. The summed E-state index contributed by atoms with van der Waals surface area (Å²) in [5.41, 5.74) is 4.16. The quantitative estimate of drug-likeness (QED) is 0.162. The van der Waals surface area contributed by atoms with Gasteiger partial charge in [-0.05, 0) is 40.8 Å². The Labute approximate surface area is 246 Å². The van der Waals surface area contributed by atoms with E-state index in [0.717, 1.165) is 39.6 Å². The van der Waals surface area contributed by atoms with Crippen molar-refractivity contribution < 1.29 is 9.59 Å². The molecule has 1 atom stereocenters. The Kier molecular flexibility index (Phi) is 11.1. The number of nitrogens with one attached hydrogen (secondary N) is 1. The highest BCUT2D eigenvalue weighted by molar-refractivity contribution is 9.10. The summed E-state index contributed by atoms with van der Waals surface area (Å²) in [5, 5.41) is 3.11. The van der Waals surface area contributed by atoms with Crippen molar-refractivity contribution in [1.82, 2.24) is 10.2 Å². The molecule has 4 nitrogen and oxygen atoms in total. The Morgan fingerprint density at radius 1 is 0.750 bits per heavy atom. The van der Waals surface area contributed by atoms with Crippen molar-refractivity contribution >= 4 is 27.7 Å². The number of nitrogens with zero attached hydrogens (tertiary/aromatic N) is 1. The molecule has 1 N–H and O–H groups in total. The minimum absolute atomic E-state index is 0.0489. The van der Waals surface area contributed by atoms with Gasteiger partial charge in [0.25, 0.3) is 0 Å². The summed E-state index contributed by atoms with van der Waals surface area (Å²) in [6, 6.07) is 37.6. The predicted octanol–water partition coefficient (Wildman–Crippen LogP) is 7.53. The molecule has 0 radical (unpaired) electrons. The maximum atomic E-state index is 14.4. The molecule has 4 aromatic carbocycles. The van der Waals surface area contributed by atoms with Crippen LogP contribution in [0, 0.1) is 0 Å². The van der Waals surface area contributed by atoms with E-state index in [4.69, 9.17) is 0 Å². The molecule has 206 valence electrons. The Balaban J connectivity index is 1.71. The molecule has 0 bridgehead atoms. The third-order valence-electron chi connectivity index (χ3n) is 7.15. The maximum Gasteiger partial charge on any atom is 0.243 e. The van der Waals surface area contributed by atoms with Crippen LogP contribution in [0.4, 0.5) is 0 Å². The van der Waals surface area contributed by atoms with Gasteiger partial charge in [0.1, 0.15) is 6.04 Å². The van der Waals surface area contributed by atoms with E-state index < -0.39 is 6.04 Å². The van der Waals surface area contributed by atoms with Crippen molar-refractivity contribution in [3.05, 3.63) is 142 Å². The summed E-state index contributed by atoms with van der Waals surface area (Å²) >= 11 is 3.51. The summed E-state index contributed by atoms with van der Waals surface area (Å²) in [6.45, 7) is 3.04. The van der Waals surface area contributed by atoms with Crippen molar-refractivity contribution in [3.63, 3.8) is 0 Å². The van der Waals surface area contributed by atoms with Gasteiger partial charge in [-0.25, -0.2) is 0 Å². The largest absolute Gasteiger partial charge is 0.354 e. The van der Waals surface area contributed by atoms with E-state index in [1.165, 1.54) is 0 Å². The fraction of sp³-hybridized carbons (Fsp3) is 0.257. The standard InChI is InChI=1S/C35H37BrN2O2/c1-2-3-23-37-35(40)33(24-27-13-7-4-8-14-27)38(26-28-19-21-31(36)22-20-28)34(39)25-32(29-15-9-5-10-16-29)30-17-11-6-12-18-30/h4-22,32-33H,2-3,23-26H2,1H3,(H,37,40). The number of benzene rings is 4. The zero-order chi connectivity index (χ0) is 28.2. The first-order chi connectivity index (χ1) is 19.5. The SMILES string of the molecule is CCCCNC(=O)C(Cc1ccccc1)N(Cc1ccc(Br)cc1)C(=O)CC(c1ccccc1)c1ccccc1. The fourth-order valence-corrected chi connectivity index (χ4v) is 5.20. The molecule has 0 aliphatic carbocycles. The number of unbranched alkanes of at least 4 members (excludes halogenated alkanes) is 1. The number of hydrogen-bond donors (Lipinski definition) is 1. The summed E-state index contributed by atoms with van der Waals surface area (Å²) in [4.78, 5) is 29.9. The normalized spacial score (nSPS) is 11.7. The monoisotopic (exact) mass is 596 g/mol. The highest BCUT2D eigenvalue weighted by Gasteiger charge is 2.32. The van der Waals surface area contributed by atoms with Crippen LogP contribution in [-0.4, -0.2) is 29.3 Å². The molecule has 5 heteroatoms. The summed E-state index contributed by atoms with van der Waals surface area (Å²) in [5.74, 6) is -0.284. The van der Waals surface area contributed by atoms with E-state index in [2.05, 4.69) is 52.4 Å². The third kappa shape index (κ3) is 8.40. The summed E-state index contributed by atoms with van der Waals surface area (Å²) in [7, 11) is 0. The molecule has 4 rings (SSSR count). The number of rotatable bonds is 13. The fourth-order valence-electron chi connectivity index (χ4n) is 4.94. The molecule has 1 unspecified atom stereocenters. The summed E-state index contributed by atoms with van der Waals surface area (Å²) < 4.78 is 0.973. The second-order valence-electron chi connectivity index (χ2n) is 10.1. The van der Waals surface area contributed by atoms with Crippen LogP contribution in [0.3, 0.4) is 0 Å². The van der Waals surface area contributed by atoms with Crippen LogP contribution >= 0.6 is 15.9 Å². The van der Waals surface area contributed by atoms with E-state index in [0.29, 0.717) is 19.5 Å². The van der Waals surface area contributed by atoms with E-state index in [9.17, 15) is 9.59 Å². The van der Waals surface area contributed by atoms with Crippen molar-refractivity contribution in [2.45, 2.75) is 51.1 Å². The smallest absolute Gasteiger partial charge is 0.243 e. The van der Waals surface area contributed by atoms with E-state index in [1.807, 2.05) is 91.0 Å². The van der Waals surface area contributed by atoms with Gasteiger partial charge >= 0.3 is 0 Å². The first-order valence-corrected chi connectivity index (χ1v) is 14.8. The summed E-state index contributed by atoms with van der Waals surface area (Å²) in [6.07, 6.45) is 2.59. The van der Waals surface area contributed by atoms with Crippen LogP contribution in [0.5, 0.6) is 0 Å². The molecule has 0 saturated carbocycles. The zero-order valence-corrected chi connectivity index (χ0v) is 24.6. The first-order valence-electron chi connectivity index (χ1n) is 14.0. The highest BCUT2D eigenvalue weighted by Crippen LogP contribution is 2.30. The molecule has 0 saturated heterocycles. The van der Waals surface area contributed by atoms with Crippen molar-refractivity contribution in [1.29, 1.82) is 0 Å². The molecule has 0 aliphatic heterocycles. The van der Waals surface area contributed by atoms with Crippen LogP contribution in [-0.2, 0) is 22.6 Å². The van der Waals surface area contributed by atoms with Gasteiger partial charge in [-0.2, -0.15) is 0 Å². The lowest BCUT2D eigenvalue weighted by Gasteiger charge is -2.33. The Morgan fingerprint density at radius 3 is 1.85 bits per heavy atom. The molecule has 4 aromatic rings. The lowest BCUT2D eigenvalue weighted by molar-refractivity contribution is -0.141. The zero-order valence-electron chi connectivity index (χ0n) is 23.0. The Morgan fingerprint density at radius 2 is 1.30 bits per heavy atom. The molecule has 0 spiro atoms. The van der Waals surface area contributed by atoms with Gasteiger partial charge in [0.15, 0.2) is 0 Å². The van der Waals surface area contributed by atoms with Crippen LogP contribution in [0.1, 0.15) is 54.4 Å². The van der Waals surface area contributed by atoms with Gasteiger partial charge in [-0.1, -0.05) is 132 Å². The lowest BCUT2D eigenvalue weighted by Crippen LogP contribution is -2.51. The molecule has 0 heterocycles. The number of carbonyl (C=O) groups is 2. The molecule has 40 heavy (non-hydrogen) atoms. The third-order valence-corrected chi connectivity index (χ3v) is 7.68. The highest BCUT2D eigenvalue weighted by atomic mass is 79.9. The first kappa shape index (κ1) is 29.3. The van der Waals surface area contributed by atoms with Crippen molar-refractivity contribution in [2.24, 2.45) is 0 Å². The van der Waals surface area contributed by atoms with Gasteiger partial charge in [0.05, 0.1) is 0 Å². The van der Waals surface area contributed by atoms with Crippen LogP contribution in [0.25, 0.3) is 0 Å². The van der Waals surface area contributed by atoms with E-state index in [-0.39, 0.29) is 24.2 Å². The van der Waals surface area contributed by atoms with Gasteiger partial charge in [0.2, 0.25) is 11.8 Å². The van der Waals surface area contributed by atoms with Crippen LogP contribution < -0.4 is 5.32 Å². The van der Waals surface area contributed by atoms with E-state index in [1.54, 1.807) is 4.90 Å². The van der Waals surface area contributed by atoms with Crippen molar-refractivity contribution in [3.8, 4) is 0 Å². The molecule has 2 amide bonds. The number of amides is 2. The van der Waals surface area contributed by atoms with Crippen LogP contribution in [0.2, 0.25) is 0 Å². The molecule has 0 aliphatic rings.